The number of rotatable bonds is 4. The van der Waals surface area contributed by atoms with E-state index in [9.17, 15) is 22.8 Å². The molecule has 0 radical (unpaired) electrons. The molecule has 6 heteroatoms. The van der Waals surface area contributed by atoms with Crippen molar-refractivity contribution >= 4 is 11.8 Å². The lowest BCUT2D eigenvalue weighted by molar-refractivity contribution is -0.137. The fourth-order valence-electron chi connectivity index (χ4n) is 1.26. The minimum atomic E-state index is -3.18. The summed E-state index contributed by atoms with van der Waals surface area (Å²) < 4.78 is 42.6. The Morgan fingerprint density at radius 1 is 1.35 bits per heavy atom. The normalized spacial score (nSPS) is 10.4. The second-order valence-corrected chi connectivity index (χ2v) is 3.05. The van der Waals surface area contributed by atoms with Crippen molar-refractivity contribution in [2.45, 2.75) is 13.3 Å². The average molecular weight is 246 g/mol. The summed E-state index contributed by atoms with van der Waals surface area (Å²) >= 11 is 0. The van der Waals surface area contributed by atoms with Crippen LogP contribution in [0.25, 0.3) is 0 Å². The zero-order valence-electron chi connectivity index (χ0n) is 8.88. The molecular weight excluding hydrogens is 237 g/mol. The van der Waals surface area contributed by atoms with Gasteiger partial charge in [-0.25, -0.2) is 18.0 Å². The third-order valence-electron chi connectivity index (χ3n) is 1.98. The summed E-state index contributed by atoms with van der Waals surface area (Å²) in [6, 6.07) is 2.83. The lowest BCUT2D eigenvalue weighted by Gasteiger charge is -2.08. The molecule has 0 spiro atoms. The number of carbonyl (C=O) groups is 2. The first-order valence-electron chi connectivity index (χ1n) is 4.77. The molecule has 0 saturated carbocycles. The Balaban J connectivity index is 3.18. The van der Waals surface area contributed by atoms with Gasteiger partial charge >= 0.3 is 5.97 Å². The number of halogens is 3. The molecule has 92 valence electrons. The molecule has 0 heterocycles. The van der Waals surface area contributed by atoms with Crippen LogP contribution in [0.1, 0.15) is 29.3 Å². The molecule has 17 heavy (non-hydrogen) atoms. The summed E-state index contributed by atoms with van der Waals surface area (Å²) in [6.07, 6.45) is -3.18. The van der Waals surface area contributed by atoms with E-state index >= 15 is 0 Å². The maximum Gasteiger partial charge on any atom is 0.379 e. The van der Waals surface area contributed by atoms with Gasteiger partial charge in [-0.15, -0.1) is 0 Å². The van der Waals surface area contributed by atoms with Gasteiger partial charge in [-0.1, -0.05) is 12.1 Å². The van der Waals surface area contributed by atoms with Crippen LogP contribution in [0, 0.1) is 5.82 Å². The molecule has 1 aromatic carbocycles. The quantitative estimate of drug-likeness (QED) is 0.465. The van der Waals surface area contributed by atoms with E-state index in [1.54, 1.807) is 0 Å². The van der Waals surface area contributed by atoms with Crippen LogP contribution in [-0.4, -0.2) is 18.4 Å². The van der Waals surface area contributed by atoms with Crippen LogP contribution in [0.3, 0.4) is 0 Å². The highest BCUT2D eigenvalue weighted by Gasteiger charge is 2.26. The molecule has 0 bridgehead atoms. The van der Waals surface area contributed by atoms with Gasteiger partial charge in [0.15, 0.2) is 0 Å². The number of hydrogen-bond acceptors (Lipinski definition) is 3. The first kappa shape index (κ1) is 13.2. The van der Waals surface area contributed by atoms with Crippen LogP contribution in [-0.2, 0) is 9.53 Å². The number of ketones is 1. The van der Waals surface area contributed by atoms with Crippen LogP contribution in [0.5, 0.6) is 0 Å². The fourth-order valence-corrected chi connectivity index (χ4v) is 1.26. The number of carbonyl (C=O) groups excluding carboxylic acids is 2. The summed E-state index contributed by atoms with van der Waals surface area (Å²) in [5.74, 6) is -3.78. The van der Waals surface area contributed by atoms with Crippen molar-refractivity contribution in [1.82, 2.24) is 0 Å². The van der Waals surface area contributed by atoms with E-state index in [1.165, 1.54) is 6.92 Å². The summed E-state index contributed by atoms with van der Waals surface area (Å²) in [4.78, 5) is 22.5. The Labute approximate surface area is 95.2 Å². The van der Waals surface area contributed by atoms with Crippen molar-refractivity contribution in [1.29, 1.82) is 0 Å². The Morgan fingerprint density at radius 2 is 2.00 bits per heavy atom. The van der Waals surface area contributed by atoms with Crippen molar-refractivity contribution in [2.24, 2.45) is 0 Å². The molecule has 0 aromatic heterocycles. The number of benzene rings is 1. The van der Waals surface area contributed by atoms with Crippen LogP contribution < -0.4 is 0 Å². The van der Waals surface area contributed by atoms with Crippen LogP contribution in [0.2, 0.25) is 0 Å². The van der Waals surface area contributed by atoms with Gasteiger partial charge in [0.25, 0.3) is 12.2 Å². The molecule has 0 saturated heterocycles. The zero-order valence-corrected chi connectivity index (χ0v) is 8.88. The van der Waals surface area contributed by atoms with E-state index in [4.69, 9.17) is 0 Å². The molecule has 0 unspecified atom stereocenters. The third-order valence-corrected chi connectivity index (χ3v) is 1.98. The standard InChI is InChI=1S/C11H9F3O3/c1-2-17-11(16)9(15)6-4-3-5-7(12)8(6)10(13)14/h3-5,10H,2H2,1H3. The van der Waals surface area contributed by atoms with E-state index < -0.39 is 35.1 Å². The van der Waals surface area contributed by atoms with Crippen molar-refractivity contribution in [2.75, 3.05) is 6.61 Å². The van der Waals surface area contributed by atoms with Crippen molar-refractivity contribution in [3.8, 4) is 0 Å². The molecule has 0 fully saturated rings. The molecule has 0 atom stereocenters. The molecule has 3 nitrogen and oxygen atoms in total. The van der Waals surface area contributed by atoms with Crippen molar-refractivity contribution in [3.05, 3.63) is 35.1 Å². The lowest BCUT2D eigenvalue weighted by Crippen LogP contribution is -2.19. The Bertz CT molecular complexity index is 444. The van der Waals surface area contributed by atoms with Gasteiger partial charge in [0.1, 0.15) is 5.82 Å². The molecule has 0 aliphatic carbocycles. The van der Waals surface area contributed by atoms with Gasteiger partial charge in [-0.2, -0.15) is 0 Å². The Hall–Kier alpha value is -1.85. The molecule has 1 aromatic rings. The SMILES string of the molecule is CCOC(=O)C(=O)c1cccc(F)c1C(F)F. The summed E-state index contributed by atoms with van der Waals surface area (Å²) in [5.41, 5.74) is -1.75. The highest BCUT2D eigenvalue weighted by Crippen LogP contribution is 2.26. The number of ether oxygens (including phenoxy) is 1. The monoisotopic (exact) mass is 246 g/mol. The largest absolute Gasteiger partial charge is 0.460 e. The minimum Gasteiger partial charge on any atom is -0.460 e. The molecule has 0 amide bonds. The van der Waals surface area contributed by atoms with Gasteiger partial charge in [-0.3, -0.25) is 4.79 Å². The smallest absolute Gasteiger partial charge is 0.379 e. The second-order valence-electron chi connectivity index (χ2n) is 3.05. The maximum absolute atomic E-state index is 13.1. The number of esters is 1. The van der Waals surface area contributed by atoms with Gasteiger partial charge in [0.2, 0.25) is 0 Å². The van der Waals surface area contributed by atoms with Crippen LogP contribution in [0.15, 0.2) is 18.2 Å². The maximum atomic E-state index is 13.1. The third kappa shape index (κ3) is 2.83. The predicted octanol–water partition coefficient (Wildman–Crippen LogP) is 2.51. The van der Waals surface area contributed by atoms with Gasteiger partial charge in [0.05, 0.1) is 12.2 Å². The topological polar surface area (TPSA) is 43.4 Å². The average Bonchev–Trinajstić information content (AvgIpc) is 2.27. The van der Waals surface area contributed by atoms with E-state index in [2.05, 4.69) is 4.74 Å². The molecule has 0 aliphatic rings. The first-order chi connectivity index (χ1) is 7.99. The summed E-state index contributed by atoms with van der Waals surface area (Å²) in [5, 5.41) is 0. The van der Waals surface area contributed by atoms with E-state index in [-0.39, 0.29) is 6.61 Å². The van der Waals surface area contributed by atoms with Gasteiger partial charge in [0, 0.05) is 5.56 Å². The van der Waals surface area contributed by atoms with Crippen LogP contribution in [0.4, 0.5) is 13.2 Å². The van der Waals surface area contributed by atoms with Crippen molar-refractivity contribution < 1.29 is 27.5 Å². The first-order valence-corrected chi connectivity index (χ1v) is 4.77. The van der Waals surface area contributed by atoms with Gasteiger partial charge < -0.3 is 4.74 Å². The molecular formula is C11H9F3O3. The number of alkyl halides is 2. The molecule has 0 aliphatic heterocycles. The number of hydrogen-bond donors (Lipinski definition) is 0. The fraction of sp³-hybridized carbons (Fsp3) is 0.273. The Morgan fingerprint density at radius 3 is 2.53 bits per heavy atom. The lowest BCUT2D eigenvalue weighted by atomic mass is 10.0. The highest BCUT2D eigenvalue weighted by molar-refractivity contribution is 6.41. The Kier molecular flexibility index (Phi) is 4.25. The van der Waals surface area contributed by atoms with Crippen molar-refractivity contribution in [3.63, 3.8) is 0 Å². The van der Waals surface area contributed by atoms with E-state index in [0.717, 1.165) is 18.2 Å². The minimum absolute atomic E-state index is 0.0656. The summed E-state index contributed by atoms with van der Waals surface area (Å²) in [6.45, 7) is 1.40. The highest BCUT2D eigenvalue weighted by atomic mass is 19.3. The van der Waals surface area contributed by atoms with Crippen LogP contribution >= 0.6 is 0 Å². The second kappa shape index (κ2) is 5.47. The molecule has 1 rings (SSSR count). The molecule has 0 N–H and O–H groups in total. The predicted molar refractivity (Wildman–Crippen MR) is 52.3 cm³/mol. The van der Waals surface area contributed by atoms with E-state index in [0.29, 0.717) is 0 Å². The number of Topliss-reactive ketones (excluding diaryl/α,β-unsaturated/α-hetero) is 1. The summed E-state index contributed by atoms with van der Waals surface area (Å²) in [7, 11) is 0. The van der Waals surface area contributed by atoms with Gasteiger partial charge in [-0.05, 0) is 13.0 Å². The van der Waals surface area contributed by atoms with E-state index in [1.807, 2.05) is 0 Å². The zero-order chi connectivity index (χ0) is 13.0.